The van der Waals surface area contributed by atoms with Gasteiger partial charge in [0.1, 0.15) is 0 Å². The highest BCUT2D eigenvalue weighted by atomic mass is 127. The lowest BCUT2D eigenvalue weighted by atomic mass is 9.93. The summed E-state index contributed by atoms with van der Waals surface area (Å²) in [7, 11) is 4.02. The van der Waals surface area contributed by atoms with E-state index in [1.807, 2.05) is 24.1 Å². The molecule has 0 atom stereocenters. The van der Waals surface area contributed by atoms with Crippen LogP contribution < -0.4 is 5.32 Å². The molecule has 1 aliphatic rings. The molecule has 0 amide bonds. The summed E-state index contributed by atoms with van der Waals surface area (Å²) in [5.74, 6) is 1.01. The van der Waals surface area contributed by atoms with Gasteiger partial charge in [-0.15, -0.1) is 24.0 Å². The Hall–Kier alpha value is -0.790. The summed E-state index contributed by atoms with van der Waals surface area (Å²) in [6.07, 6.45) is 7.82. The van der Waals surface area contributed by atoms with Gasteiger partial charge in [0.2, 0.25) is 0 Å². The van der Waals surface area contributed by atoms with E-state index in [9.17, 15) is 0 Å². The van der Waals surface area contributed by atoms with Crippen LogP contribution in [0.25, 0.3) is 0 Å². The van der Waals surface area contributed by atoms with Crippen LogP contribution in [-0.4, -0.2) is 40.3 Å². The van der Waals surface area contributed by atoms with Crippen LogP contribution in [0.15, 0.2) is 17.4 Å². The number of hydrogen-bond acceptors (Lipinski definition) is 2. The molecule has 0 saturated heterocycles. The Labute approximate surface area is 132 Å². The number of nitrogens with zero attached hydrogens (tertiary/aromatic N) is 4. The summed E-state index contributed by atoms with van der Waals surface area (Å²) < 4.78 is 1.83. The predicted molar refractivity (Wildman–Crippen MR) is 88.8 cm³/mol. The average Bonchev–Trinajstić information content (AvgIpc) is 2.67. The molecule has 1 aromatic heterocycles. The molecule has 1 aliphatic carbocycles. The van der Waals surface area contributed by atoms with E-state index in [4.69, 9.17) is 0 Å². The fourth-order valence-corrected chi connectivity index (χ4v) is 2.06. The number of nitrogens with one attached hydrogen (secondary N) is 1. The Morgan fingerprint density at radius 2 is 2.32 bits per heavy atom. The van der Waals surface area contributed by atoms with Gasteiger partial charge in [-0.1, -0.05) is 0 Å². The van der Waals surface area contributed by atoms with Crippen LogP contribution in [0, 0.1) is 0 Å². The van der Waals surface area contributed by atoms with Crippen molar-refractivity contribution in [3.8, 4) is 0 Å². The second kappa shape index (κ2) is 7.72. The van der Waals surface area contributed by atoms with Crippen molar-refractivity contribution in [2.24, 2.45) is 12.0 Å². The Kier molecular flexibility index (Phi) is 6.60. The van der Waals surface area contributed by atoms with E-state index in [1.165, 1.54) is 24.8 Å². The fourth-order valence-electron chi connectivity index (χ4n) is 2.06. The molecule has 1 saturated carbocycles. The molecule has 1 fully saturated rings. The van der Waals surface area contributed by atoms with Crippen LogP contribution >= 0.6 is 24.0 Å². The standard InChI is InChI=1S/C13H23N5.HI/c1-4-14-13(16-12-6-5-7-12)17(2)9-11-8-15-18(3)10-11;/h8,10,12H,4-7,9H2,1-3H3,(H,14,16);1H. The SMILES string of the molecule is CCN=C(NC1CCC1)N(C)Cc1cnn(C)c1.I. The van der Waals surface area contributed by atoms with Crippen LogP contribution in [0.1, 0.15) is 31.7 Å². The largest absolute Gasteiger partial charge is 0.354 e. The van der Waals surface area contributed by atoms with Gasteiger partial charge in [0.15, 0.2) is 5.96 Å². The van der Waals surface area contributed by atoms with Crippen molar-refractivity contribution in [2.75, 3.05) is 13.6 Å². The Balaban J connectivity index is 0.00000180. The van der Waals surface area contributed by atoms with Gasteiger partial charge in [0.05, 0.1) is 6.20 Å². The maximum Gasteiger partial charge on any atom is 0.194 e. The summed E-state index contributed by atoms with van der Waals surface area (Å²) in [6, 6.07) is 0.617. The molecule has 0 unspecified atom stereocenters. The molecule has 0 bridgehead atoms. The third-order valence-electron chi connectivity index (χ3n) is 3.29. The fraction of sp³-hybridized carbons (Fsp3) is 0.692. The Morgan fingerprint density at radius 3 is 2.79 bits per heavy atom. The molecular weight excluding hydrogens is 353 g/mol. The minimum absolute atomic E-state index is 0. The zero-order chi connectivity index (χ0) is 13.0. The lowest BCUT2D eigenvalue weighted by molar-refractivity contribution is 0.359. The van der Waals surface area contributed by atoms with E-state index in [2.05, 4.69) is 34.3 Å². The molecule has 108 valence electrons. The molecule has 0 aromatic carbocycles. The van der Waals surface area contributed by atoms with E-state index in [0.29, 0.717) is 6.04 Å². The van der Waals surface area contributed by atoms with E-state index in [-0.39, 0.29) is 24.0 Å². The van der Waals surface area contributed by atoms with Crippen molar-refractivity contribution >= 4 is 29.9 Å². The quantitative estimate of drug-likeness (QED) is 0.496. The Morgan fingerprint density at radius 1 is 1.58 bits per heavy atom. The van der Waals surface area contributed by atoms with Gasteiger partial charge in [-0.2, -0.15) is 5.10 Å². The predicted octanol–water partition coefficient (Wildman–Crippen LogP) is 1.99. The van der Waals surface area contributed by atoms with Gasteiger partial charge in [-0.3, -0.25) is 9.67 Å². The molecule has 1 aromatic rings. The molecule has 6 heteroatoms. The normalized spacial score (nSPS) is 15.6. The van der Waals surface area contributed by atoms with E-state index in [0.717, 1.165) is 19.0 Å². The second-order valence-corrected chi connectivity index (χ2v) is 4.95. The first-order valence-corrected chi connectivity index (χ1v) is 6.68. The van der Waals surface area contributed by atoms with Gasteiger partial charge in [-0.05, 0) is 26.2 Å². The van der Waals surface area contributed by atoms with Crippen LogP contribution in [-0.2, 0) is 13.6 Å². The second-order valence-electron chi connectivity index (χ2n) is 4.95. The minimum Gasteiger partial charge on any atom is -0.354 e. The average molecular weight is 377 g/mol. The molecule has 1 heterocycles. The lowest BCUT2D eigenvalue weighted by Crippen LogP contribution is -2.46. The smallest absolute Gasteiger partial charge is 0.194 e. The molecular formula is C13H24IN5. The third kappa shape index (κ3) is 4.67. The molecule has 0 spiro atoms. The highest BCUT2D eigenvalue weighted by molar-refractivity contribution is 14.0. The number of aromatic nitrogens is 2. The van der Waals surface area contributed by atoms with Crippen LogP contribution in [0.5, 0.6) is 0 Å². The number of rotatable bonds is 4. The number of guanidine groups is 1. The maximum atomic E-state index is 4.55. The number of hydrogen-bond donors (Lipinski definition) is 1. The molecule has 5 nitrogen and oxygen atoms in total. The van der Waals surface area contributed by atoms with Crippen LogP contribution in [0.2, 0.25) is 0 Å². The Bertz CT molecular complexity index is 411. The number of aryl methyl sites for hydroxylation is 1. The first-order valence-electron chi connectivity index (χ1n) is 6.68. The van der Waals surface area contributed by atoms with Gasteiger partial charge in [-0.25, -0.2) is 0 Å². The minimum atomic E-state index is 0. The maximum absolute atomic E-state index is 4.55. The number of halogens is 1. The van der Waals surface area contributed by atoms with Crippen LogP contribution in [0.3, 0.4) is 0 Å². The third-order valence-corrected chi connectivity index (χ3v) is 3.29. The monoisotopic (exact) mass is 377 g/mol. The van der Waals surface area contributed by atoms with E-state index in [1.54, 1.807) is 0 Å². The molecule has 1 N–H and O–H groups in total. The van der Waals surface area contributed by atoms with Crippen molar-refractivity contribution in [3.05, 3.63) is 18.0 Å². The van der Waals surface area contributed by atoms with Crippen LogP contribution in [0.4, 0.5) is 0 Å². The summed E-state index contributed by atoms with van der Waals surface area (Å²) in [5, 5.41) is 7.72. The van der Waals surface area contributed by atoms with Crippen molar-refractivity contribution in [3.63, 3.8) is 0 Å². The molecule has 0 aliphatic heterocycles. The molecule has 19 heavy (non-hydrogen) atoms. The molecule has 0 radical (unpaired) electrons. The van der Waals surface area contributed by atoms with Gasteiger partial charge < -0.3 is 10.2 Å². The van der Waals surface area contributed by atoms with Gasteiger partial charge in [0.25, 0.3) is 0 Å². The van der Waals surface area contributed by atoms with Gasteiger partial charge >= 0.3 is 0 Å². The highest BCUT2D eigenvalue weighted by Gasteiger charge is 2.20. The number of aliphatic imine (C=N–C) groups is 1. The first-order chi connectivity index (χ1) is 8.69. The van der Waals surface area contributed by atoms with E-state index < -0.39 is 0 Å². The molecule has 2 rings (SSSR count). The van der Waals surface area contributed by atoms with Crippen molar-refractivity contribution in [2.45, 2.75) is 38.8 Å². The highest BCUT2D eigenvalue weighted by Crippen LogP contribution is 2.18. The summed E-state index contributed by atoms with van der Waals surface area (Å²) in [5.41, 5.74) is 1.21. The summed E-state index contributed by atoms with van der Waals surface area (Å²) >= 11 is 0. The van der Waals surface area contributed by atoms with Crippen molar-refractivity contribution < 1.29 is 0 Å². The van der Waals surface area contributed by atoms with E-state index >= 15 is 0 Å². The zero-order valence-electron chi connectivity index (χ0n) is 12.0. The van der Waals surface area contributed by atoms with Gasteiger partial charge in [0, 0.05) is 45.0 Å². The first kappa shape index (κ1) is 16.3. The summed E-state index contributed by atoms with van der Waals surface area (Å²) in [4.78, 5) is 6.72. The lowest BCUT2D eigenvalue weighted by Gasteiger charge is -2.31. The summed E-state index contributed by atoms with van der Waals surface area (Å²) in [6.45, 7) is 3.72. The van der Waals surface area contributed by atoms with Crippen molar-refractivity contribution in [1.29, 1.82) is 0 Å². The zero-order valence-corrected chi connectivity index (χ0v) is 14.3. The van der Waals surface area contributed by atoms with Crippen molar-refractivity contribution in [1.82, 2.24) is 20.0 Å². The topological polar surface area (TPSA) is 45.5 Å².